The molecule has 0 spiro atoms. The minimum absolute atomic E-state index is 0.214. The van der Waals surface area contributed by atoms with Gasteiger partial charge in [-0.25, -0.2) is 9.97 Å². The third kappa shape index (κ3) is 3.13. The van der Waals surface area contributed by atoms with Crippen LogP contribution in [0.2, 0.25) is 0 Å². The van der Waals surface area contributed by atoms with Crippen molar-refractivity contribution in [3.8, 4) is 5.75 Å². The first-order valence-corrected chi connectivity index (χ1v) is 8.80. The van der Waals surface area contributed by atoms with Crippen molar-refractivity contribution in [1.29, 1.82) is 0 Å². The van der Waals surface area contributed by atoms with E-state index in [0.29, 0.717) is 11.6 Å². The molecular formula is C16H22BN3O3S. The Balaban J connectivity index is 1.82. The molecule has 3 heterocycles. The summed E-state index contributed by atoms with van der Waals surface area (Å²) >= 11 is 1.53. The van der Waals surface area contributed by atoms with E-state index in [-0.39, 0.29) is 6.10 Å². The van der Waals surface area contributed by atoms with E-state index < -0.39 is 18.3 Å². The van der Waals surface area contributed by atoms with Crippen LogP contribution < -0.4 is 15.9 Å². The molecule has 0 aromatic carbocycles. The minimum Gasteiger partial charge on any atom is -0.481 e. The smallest absolute Gasteiger partial charge is 0.481 e. The van der Waals surface area contributed by atoms with Gasteiger partial charge in [0.2, 0.25) is 0 Å². The SMILES string of the molecule is C[C@@H](Oc1cc(B2OC(C)(C)C(C)(C)O2)cnc1N)c1cscn1. The van der Waals surface area contributed by atoms with Crippen LogP contribution in [-0.2, 0) is 9.31 Å². The predicted octanol–water partition coefficient (Wildman–Crippen LogP) is 2.56. The molecule has 2 aromatic rings. The van der Waals surface area contributed by atoms with Crippen LogP contribution in [0.25, 0.3) is 0 Å². The molecule has 0 radical (unpaired) electrons. The lowest BCUT2D eigenvalue weighted by molar-refractivity contribution is 0.00578. The number of rotatable bonds is 4. The number of ether oxygens (including phenoxy) is 1. The zero-order valence-electron chi connectivity index (χ0n) is 14.6. The highest BCUT2D eigenvalue weighted by Crippen LogP contribution is 2.37. The summed E-state index contributed by atoms with van der Waals surface area (Å²) in [6, 6.07) is 1.83. The number of aromatic nitrogens is 2. The maximum Gasteiger partial charge on any atom is 0.496 e. The maximum atomic E-state index is 6.05. The Kier molecular flexibility index (Phi) is 4.31. The molecule has 1 fully saturated rings. The van der Waals surface area contributed by atoms with Gasteiger partial charge in [-0.1, -0.05) is 0 Å². The van der Waals surface area contributed by atoms with Crippen LogP contribution in [0.3, 0.4) is 0 Å². The summed E-state index contributed by atoms with van der Waals surface area (Å²) in [5.41, 5.74) is 8.56. The van der Waals surface area contributed by atoms with Gasteiger partial charge in [0.15, 0.2) is 11.6 Å². The standard InChI is InChI=1S/C16H22BN3O3S/c1-10(12-8-24-9-20-12)21-13-6-11(7-19-14(13)18)17-22-15(2,3)16(4,5)23-17/h6-10H,1-5H3,(H2,18,19)/t10-/m1/s1. The summed E-state index contributed by atoms with van der Waals surface area (Å²) in [5.74, 6) is 0.833. The van der Waals surface area contributed by atoms with E-state index >= 15 is 0 Å². The van der Waals surface area contributed by atoms with Gasteiger partial charge < -0.3 is 19.8 Å². The second kappa shape index (κ2) is 6.02. The van der Waals surface area contributed by atoms with Crippen molar-refractivity contribution in [3.05, 3.63) is 28.8 Å². The molecule has 0 amide bonds. The van der Waals surface area contributed by atoms with Crippen molar-refractivity contribution >= 4 is 29.7 Å². The Morgan fingerprint density at radius 3 is 2.46 bits per heavy atom. The molecule has 0 bridgehead atoms. The number of anilines is 1. The van der Waals surface area contributed by atoms with E-state index in [9.17, 15) is 0 Å². The zero-order valence-corrected chi connectivity index (χ0v) is 15.4. The van der Waals surface area contributed by atoms with E-state index in [1.165, 1.54) is 11.3 Å². The van der Waals surface area contributed by atoms with E-state index in [1.807, 2.05) is 46.1 Å². The third-order valence-corrected chi connectivity index (χ3v) is 5.20. The molecule has 0 saturated carbocycles. The summed E-state index contributed by atoms with van der Waals surface area (Å²) in [7, 11) is -0.500. The Bertz CT molecular complexity index is 705. The molecule has 1 atom stereocenters. The lowest BCUT2D eigenvalue weighted by Gasteiger charge is -2.32. The first-order valence-electron chi connectivity index (χ1n) is 7.85. The molecule has 1 saturated heterocycles. The first-order chi connectivity index (χ1) is 11.2. The van der Waals surface area contributed by atoms with Crippen molar-refractivity contribution in [2.45, 2.75) is 51.9 Å². The summed E-state index contributed by atoms with van der Waals surface area (Å²) in [5, 5.41) is 1.95. The molecular weight excluding hydrogens is 325 g/mol. The fraction of sp³-hybridized carbons (Fsp3) is 0.500. The molecule has 0 unspecified atom stereocenters. The van der Waals surface area contributed by atoms with E-state index in [2.05, 4.69) is 9.97 Å². The molecule has 3 rings (SSSR count). The fourth-order valence-electron chi connectivity index (χ4n) is 2.35. The quantitative estimate of drug-likeness (QED) is 0.857. The molecule has 128 valence electrons. The van der Waals surface area contributed by atoms with Crippen LogP contribution in [0.4, 0.5) is 5.82 Å². The van der Waals surface area contributed by atoms with Crippen LogP contribution in [0, 0.1) is 0 Å². The molecule has 24 heavy (non-hydrogen) atoms. The molecule has 2 aromatic heterocycles. The van der Waals surface area contributed by atoms with Crippen LogP contribution in [0.5, 0.6) is 5.75 Å². The van der Waals surface area contributed by atoms with Gasteiger partial charge in [0.1, 0.15) is 6.10 Å². The summed E-state index contributed by atoms with van der Waals surface area (Å²) in [6.07, 6.45) is 1.45. The summed E-state index contributed by atoms with van der Waals surface area (Å²) in [4.78, 5) is 8.49. The number of nitrogens with two attached hydrogens (primary N) is 1. The van der Waals surface area contributed by atoms with E-state index in [1.54, 1.807) is 11.7 Å². The highest BCUT2D eigenvalue weighted by atomic mass is 32.1. The monoisotopic (exact) mass is 347 g/mol. The van der Waals surface area contributed by atoms with Crippen molar-refractivity contribution in [2.75, 3.05) is 5.73 Å². The number of nitrogen functional groups attached to an aromatic ring is 1. The van der Waals surface area contributed by atoms with Crippen molar-refractivity contribution in [1.82, 2.24) is 9.97 Å². The Morgan fingerprint density at radius 1 is 1.21 bits per heavy atom. The number of pyridine rings is 1. The fourth-order valence-corrected chi connectivity index (χ4v) is 2.98. The lowest BCUT2D eigenvalue weighted by Crippen LogP contribution is -2.41. The minimum atomic E-state index is -0.500. The highest BCUT2D eigenvalue weighted by molar-refractivity contribution is 7.07. The van der Waals surface area contributed by atoms with Gasteiger partial charge in [0.25, 0.3) is 0 Å². The van der Waals surface area contributed by atoms with Gasteiger partial charge in [-0.05, 0) is 40.7 Å². The Hall–Kier alpha value is -1.64. The molecule has 6 nitrogen and oxygen atoms in total. The summed E-state index contributed by atoms with van der Waals surface area (Å²) < 4.78 is 18.0. The van der Waals surface area contributed by atoms with E-state index in [0.717, 1.165) is 11.2 Å². The Morgan fingerprint density at radius 2 is 1.88 bits per heavy atom. The zero-order chi connectivity index (χ0) is 17.5. The third-order valence-electron chi connectivity index (χ3n) is 4.60. The highest BCUT2D eigenvalue weighted by Gasteiger charge is 2.52. The number of hydrogen-bond donors (Lipinski definition) is 1. The second-order valence-electron chi connectivity index (χ2n) is 6.91. The maximum absolute atomic E-state index is 6.05. The Labute approximate surface area is 146 Å². The second-order valence-corrected chi connectivity index (χ2v) is 7.63. The number of thiazole rings is 1. The number of hydrogen-bond acceptors (Lipinski definition) is 7. The topological polar surface area (TPSA) is 79.5 Å². The van der Waals surface area contributed by atoms with Gasteiger partial charge in [-0.15, -0.1) is 11.3 Å². The first kappa shape index (κ1) is 17.2. The van der Waals surface area contributed by atoms with Gasteiger partial charge in [0, 0.05) is 17.0 Å². The average Bonchev–Trinajstić information content (AvgIpc) is 3.08. The van der Waals surface area contributed by atoms with E-state index in [4.69, 9.17) is 19.8 Å². The van der Waals surface area contributed by atoms with Crippen molar-refractivity contribution in [3.63, 3.8) is 0 Å². The lowest BCUT2D eigenvalue weighted by atomic mass is 9.80. The van der Waals surface area contributed by atoms with Crippen LogP contribution in [0.1, 0.15) is 46.4 Å². The van der Waals surface area contributed by atoms with Gasteiger partial charge in [0.05, 0.1) is 22.4 Å². The molecule has 1 aliphatic rings. The average molecular weight is 347 g/mol. The van der Waals surface area contributed by atoms with Crippen LogP contribution in [0.15, 0.2) is 23.2 Å². The van der Waals surface area contributed by atoms with Crippen LogP contribution >= 0.6 is 11.3 Å². The molecule has 0 aliphatic carbocycles. The van der Waals surface area contributed by atoms with Gasteiger partial charge in [-0.2, -0.15) is 0 Å². The van der Waals surface area contributed by atoms with Gasteiger partial charge >= 0.3 is 7.12 Å². The largest absolute Gasteiger partial charge is 0.496 e. The molecule has 8 heteroatoms. The van der Waals surface area contributed by atoms with Crippen molar-refractivity contribution < 1.29 is 14.0 Å². The summed E-state index contributed by atoms with van der Waals surface area (Å²) in [6.45, 7) is 9.98. The predicted molar refractivity (Wildman–Crippen MR) is 95.5 cm³/mol. The van der Waals surface area contributed by atoms with Crippen LogP contribution in [-0.4, -0.2) is 28.3 Å². The molecule has 2 N–H and O–H groups in total. The van der Waals surface area contributed by atoms with Crippen molar-refractivity contribution in [2.24, 2.45) is 0 Å². The van der Waals surface area contributed by atoms with Gasteiger partial charge in [-0.3, -0.25) is 0 Å². The molecule has 1 aliphatic heterocycles. The normalized spacial score (nSPS) is 20.1. The number of nitrogens with zero attached hydrogens (tertiary/aromatic N) is 2.